The zero-order chi connectivity index (χ0) is 21.7. The average Bonchev–Trinajstić information content (AvgIpc) is 2.67. The fraction of sp³-hybridized carbons (Fsp3) is 0.263. The molecule has 0 bridgehead atoms. The first-order chi connectivity index (χ1) is 13.6. The predicted molar refractivity (Wildman–Crippen MR) is 101 cm³/mol. The number of carbonyl (C=O) groups is 2. The standard InChI is InChI=1S/C19H18ClF3N2O4/c1-3-29-17(27)18(19(21,22)23,24-12-8-10-13(28-2)11-9-12)25-16(26)14-6-4-5-7-15(14)20/h4-11,24H,3H2,1-2H3,(H,25,26)/t18-/m0/s1. The van der Waals surface area contributed by atoms with Crippen LogP contribution in [0.4, 0.5) is 18.9 Å². The number of nitrogens with one attached hydrogen (secondary N) is 2. The molecule has 0 saturated carbocycles. The van der Waals surface area contributed by atoms with E-state index >= 15 is 0 Å². The minimum atomic E-state index is -5.25. The lowest BCUT2D eigenvalue weighted by Crippen LogP contribution is -2.69. The molecule has 10 heteroatoms. The van der Waals surface area contributed by atoms with E-state index in [1.165, 1.54) is 62.6 Å². The van der Waals surface area contributed by atoms with Crippen molar-refractivity contribution in [2.75, 3.05) is 19.0 Å². The maximum atomic E-state index is 14.1. The Bertz CT molecular complexity index is 875. The summed E-state index contributed by atoms with van der Waals surface area (Å²) in [4.78, 5) is 25.0. The first-order valence-corrected chi connectivity index (χ1v) is 8.75. The highest BCUT2D eigenvalue weighted by Gasteiger charge is 2.63. The van der Waals surface area contributed by atoms with E-state index in [1.54, 1.807) is 5.32 Å². The van der Waals surface area contributed by atoms with Gasteiger partial charge in [0.2, 0.25) is 0 Å². The Kier molecular flexibility index (Phi) is 6.97. The number of benzene rings is 2. The number of hydrogen-bond acceptors (Lipinski definition) is 5. The molecule has 0 radical (unpaired) electrons. The number of methoxy groups -OCH3 is 1. The highest BCUT2D eigenvalue weighted by Crippen LogP contribution is 2.34. The van der Waals surface area contributed by atoms with E-state index in [4.69, 9.17) is 16.3 Å². The van der Waals surface area contributed by atoms with Gasteiger partial charge >= 0.3 is 17.8 Å². The number of ether oxygens (including phenoxy) is 2. The van der Waals surface area contributed by atoms with Gasteiger partial charge in [-0.2, -0.15) is 13.2 Å². The molecular formula is C19H18ClF3N2O4. The molecule has 0 unspecified atom stereocenters. The normalized spacial score (nSPS) is 13.2. The SMILES string of the molecule is CCOC(=O)[C@@](NC(=O)c1ccccc1Cl)(Nc1ccc(OC)cc1)C(F)(F)F. The molecule has 0 saturated heterocycles. The Morgan fingerprint density at radius 2 is 1.69 bits per heavy atom. The van der Waals surface area contributed by atoms with Crippen molar-refractivity contribution in [3.05, 3.63) is 59.1 Å². The lowest BCUT2D eigenvalue weighted by molar-refractivity contribution is -0.204. The molecule has 6 nitrogen and oxygen atoms in total. The van der Waals surface area contributed by atoms with E-state index in [0.29, 0.717) is 5.75 Å². The molecule has 0 spiro atoms. The molecular weight excluding hydrogens is 413 g/mol. The molecule has 0 aliphatic heterocycles. The molecule has 0 heterocycles. The minimum absolute atomic E-state index is 0.0746. The van der Waals surface area contributed by atoms with Crippen LogP contribution in [0.1, 0.15) is 17.3 Å². The summed E-state index contributed by atoms with van der Waals surface area (Å²) in [7, 11) is 1.39. The van der Waals surface area contributed by atoms with E-state index in [0.717, 1.165) is 0 Å². The van der Waals surface area contributed by atoms with Crippen LogP contribution in [-0.4, -0.2) is 37.4 Å². The van der Waals surface area contributed by atoms with E-state index < -0.39 is 23.7 Å². The molecule has 0 aliphatic rings. The van der Waals surface area contributed by atoms with Crippen molar-refractivity contribution in [3.63, 3.8) is 0 Å². The molecule has 0 fully saturated rings. The molecule has 2 rings (SSSR count). The fourth-order valence-corrected chi connectivity index (χ4v) is 2.63. The zero-order valence-corrected chi connectivity index (χ0v) is 16.2. The van der Waals surface area contributed by atoms with Crippen LogP contribution in [0, 0.1) is 0 Å². The zero-order valence-electron chi connectivity index (χ0n) is 15.5. The lowest BCUT2D eigenvalue weighted by Gasteiger charge is -2.35. The summed E-state index contributed by atoms with van der Waals surface area (Å²) in [5.74, 6) is -2.53. The highest BCUT2D eigenvalue weighted by atomic mass is 35.5. The molecule has 0 aromatic heterocycles. The molecule has 2 N–H and O–H groups in total. The maximum Gasteiger partial charge on any atom is 0.441 e. The molecule has 156 valence electrons. The van der Waals surface area contributed by atoms with Crippen molar-refractivity contribution < 1.29 is 32.2 Å². The monoisotopic (exact) mass is 430 g/mol. The smallest absolute Gasteiger partial charge is 0.441 e. The van der Waals surface area contributed by atoms with Crippen molar-refractivity contribution >= 4 is 29.2 Å². The Labute approximate surface area is 169 Å². The van der Waals surface area contributed by atoms with Gasteiger partial charge in [0, 0.05) is 5.69 Å². The van der Waals surface area contributed by atoms with E-state index in [9.17, 15) is 22.8 Å². The first-order valence-electron chi connectivity index (χ1n) is 8.38. The van der Waals surface area contributed by atoms with Gasteiger partial charge in [0.1, 0.15) is 5.75 Å². The minimum Gasteiger partial charge on any atom is -0.497 e. The largest absolute Gasteiger partial charge is 0.497 e. The summed E-state index contributed by atoms with van der Waals surface area (Å²) >= 11 is 5.90. The van der Waals surface area contributed by atoms with Crippen LogP contribution >= 0.6 is 11.6 Å². The summed E-state index contributed by atoms with van der Waals surface area (Å²) in [6.07, 6.45) is -5.25. The third kappa shape index (κ3) is 4.92. The summed E-state index contributed by atoms with van der Waals surface area (Å²) in [5.41, 5.74) is -3.88. The Balaban J connectivity index is 2.51. The quantitative estimate of drug-likeness (QED) is 0.512. The maximum absolute atomic E-state index is 14.1. The summed E-state index contributed by atoms with van der Waals surface area (Å²) in [6, 6.07) is 10.8. The van der Waals surface area contributed by atoms with Crippen molar-refractivity contribution in [1.82, 2.24) is 5.32 Å². The van der Waals surface area contributed by atoms with Crippen LogP contribution in [0.2, 0.25) is 5.02 Å². The third-order valence-corrected chi connectivity index (χ3v) is 4.18. The number of hydrogen-bond donors (Lipinski definition) is 2. The second kappa shape index (κ2) is 9.04. The van der Waals surface area contributed by atoms with E-state index in [2.05, 4.69) is 10.1 Å². The van der Waals surface area contributed by atoms with Crippen LogP contribution < -0.4 is 15.4 Å². The molecule has 0 aliphatic carbocycles. The average molecular weight is 431 g/mol. The van der Waals surface area contributed by atoms with Crippen LogP contribution in [0.3, 0.4) is 0 Å². The number of esters is 1. The molecule has 1 atom stereocenters. The van der Waals surface area contributed by atoms with Gasteiger partial charge in [-0.15, -0.1) is 0 Å². The molecule has 2 aromatic rings. The van der Waals surface area contributed by atoms with Gasteiger partial charge in [0.15, 0.2) is 0 Å². The van der Waals surface area contributed by atoms with Gasteiger partial charge in [0.05, 0.1) is 24.3 Å². The van der Waals surface area contributed by atoms with Crippen molar-refractivity contribution in [2.24, 2.45) is 0 Å². The molecule has 29 heavy (non-hydrogen) atoms. The number of halogens is 4. The highest BCUT2D eigenvalue weighted by molar-refractivity contribution is 6.33. The van der Waals surface area contributed by atoms with Gasteiger partial charge < -0.3 is 20.1 Å². The van der Waals surface area contributed by atoms with Gasteiger partial charge in [0.25, 0.3) is 5.91 Å². The van der Waals surface area contributed by atoms with Crippen LogP contribution in [0.25, 0.3) is 0 Å². The Hall–Kier alpha value is -2.94. The summed E-state index contributed by atoms with van der Waals surface area (Å²) in [6.45, 7) is 1.02. The Morgan fingerprint density at radius 1 is 1.07 bits per heavy atom. The first kappa shape index (κ1) is 22.4. The number of rotatable bonds is 7. The number of amides is 1. The van der Waals surface area contributed by atoms with Crippen LogP contribution in [0.5, 0.6) is 5.75 Å². The summed E-state index contributed by atoms with van der Waals surface area (Å²) in [5, 5.41) is 3.71. The summed E-state index contributed by atoms with van der Waals surface area (Å²) < 4.78 is 51.9. The number of carbonyl (C=O) groups excluding carboxylic acids is 2. The van der Waals surface area contributed by atoms with E-state index in [1.807, 2.05) is 0 Å². The van der Waals surface area contributed by atoms with Gasteiger partial charge in [-0.1, -0.05) is 23.7 Å². The number of anilines is 1. The topological polar surface area (TPSA) is 76.7 Å². The second-order valence-corrected chi connectivity index (χ2v) is 6.16. The fourth-order valence-electron chi connectivity index (χ4n) is 2.40. The van der Waals surface area contributed by atoms with Crippen LogP contribution in [0.15, 0.2) is 48.5 Å². The van der Waals surface area contributed by atoms with Gasteiger partial charge in [-0.25, -0.2) is 4.79 Å². The van der Waals surface area contributed by atoms with Crippen LogP contribution in [-0.2, 0) is 9.53 Å². The van der Waals surface area contributed by atoms with Gasteiger partial charge in [-0.3, -0.25) is 4.79 Å². The molecule has 2 aromatic carbocycles. The van der Waals surface area contributed by atoms with Crippen molar-refractivity contribution in [2.45, 2.75) is 18.8 Å². The van der Waals surface area contributed by atoms with E-state index in [-0.39, 0.29) is 22.9 Å². The van der Waals surface area contributed by atoms with Gasteiger partial charge in [-0.05, 0) is 43.3 Å². The molecule has 1 amide bonds. The Morgan fingerprint density at radius 3 is 2.21 bits per heavy atom. The van der Waals surface area contributed by atoms with Crippen molar-refractivity contribution in [1.29, 1.82) is 0 Å². The van der Waals surface area contributed by atoms with Crippen molar-refractivity contribution in [3.8, 4) is 5.75 Å². The predicted octanol–water partition coefficient (Wildman–Crippen LogP) is 4.01. The second-order valence-electron chi connectivity index (χ2n) is 5.76. The lowest BCUT2D eigenvalue weighted by atomic mass is 10.1. The third-order valence-electron chi connectivity index (χ3n) is 3.85. The number of alkyl halides is 3.